The minimum Gasteiger partial charge on any atom is -0.442 e. The maximum Gasteiger partial charge on any atom is 0.350 e. The number of oxime groups is 1. The Kier molecular flexibility index (Phi) is 6.01. The third-order valence-electron chi connectivity index (χ3n) is 4.70. The van der Waals surface area contributed by atoms with Crippen LogP contribution in [0.15, 0.2) is 52.7 Å². The molecule has 0 aliphatic carbocycles. The Hall–Kier alpha value is -3.93. The number of benzene rings is 2. The zero-order valence-electron chi connectivity index (χ0n) is 17.3. The van der Waals surface area contributed by atoms with Crippen molar-refractivity contribution in [2.75, 3.05) is 0 Å². The third-order valence-corrected chi connectivity index (χ3v) is 5.84. The van der Waals surface area contributed by atoms with Crippen LogP contribution in [0.1, 0.15) is 23.2 Å². The van der Waals surface area contributed by atoms with Crippen molar-refractivity contribution >= 4 is 17.0 Å². The first-order valence-electron chi connectivity index (χ1n) is 9.50. The van der Waals surface area contributed by atoms with E-state index >= 15 is 0 Å². The average Bonchev–Trinajstić information content (AvgIpc) is 3.34. The standard InChI is InChI=1S/C21H16F3N5O3S/c1-11(27-31)19-26-12(2)20(33-19)32-18-7-6-13(8-17(18)24)29-21(30)28(10-25-29)9-14-15(22)4-3-5-16(14)23/h3-8,10,31H,9H2,1-2H3/b27-11+. The van der Waals surface area contributed by atoms with Crippen LogP contribution < -0.4 is 10.4 Å². The van der Waals surface area contributed by atoms with Crippen molar-refractivity contribution in [2.24, 2.45) is 5.16 Å². The van der Waals surface area contributed by atoms with Gasteiger partial charge < -0.3 is 9.94 Å². The van der Waals surface area contributed by atoms with Crippen molar-refractivity contribution in [1.29, 1.82) is 0 Å². The van der Waals surface area contributed by atoms with E-state index in [0.717, 1.165) is 45.1 Å². The van der Waals surface area contributed by atoms with Crippen LogP contribution in [0, 0.1) is 24.4 Å². The quantitative estimate of drug-likeness (QED) is 0.256. The van der Waals surface area contributed by atoms with Crippen LogP contribution >= 0.6 is 11.3 Å². The van der Waals surface area contributed by atoms with Crippen molar-refractivity contribution in [3.8, 4) is 16.5 Å². The van der Waals surface area contributed by atoms with Gasteiger partial charge in [0.25, 0.3) is 0 Å². The maximum atomic E-state index is 14.7. The number of ether oxygens (including phenoxy) is 1. The summed E-state index contributed by atoms with van der Waals surface area (Å²) < 4.78 is 50.0. The Balaban J connectivity index is 1.59. The third kappa shape index (κ3) is 4.37. The van der Waals surface area contributed by atoms with Crippen LogP contribution in [0.2, 0.25) is 0 Å². The zero-order chi connectivity index (χ0) is 23.7. The second kappa shape index (κ2) is 8.90. The first-order chi connectivity index (χ1) is 15.8. The number of aryl methyl sites for hydroxylation is 1. The summed E-state index contributed by atoms with van der Waals surface area (Å²) in [4.78, 5) is 16.9. The molecular formula is C21H16F3N5O3S. The summed E-state index contributed by atoms with van der Waals surface area (Å²) in [6, 6.07) is 7.19. The van der Waals surface area contributed by atoms with E-state index in [1.165, 1.54) is 18.2 Å². The first kappa shape index (κ1) is 22.3. The molecule has 1 N–H and O–H groups in total. The highest BCUT2D eigenvalue weighted by Gasteiger charge is 2.17. The average molecular weight is 475 g/mol. The molecule has 4 aromatic rings. The topological polar surface area (TPSA) is 94.5 Å². The van der Waals surface area contributed by atoms with E-state index in [0.29, 0.717) is 21.5 Å². The van der Waals surface area contributed by atoms with E-state index in [9.17, 15) is 18.0 Å². The SMILES string of the molecule is C/C(=N\O)c1nc(C)c(Oc2ccc(-n3ncn(Cc4c(F)cccc4F)c3=O)cc2F)s1. The Morgan fingerprint density at radius 3 is 2.58 bits per heavy atom. The monoisotopic (exact) mass is 475 g/mol. The van der Waals surface area contributed by atoms with Gasteiger partial charge in [0.1, 0.15) is 28.7 Å². The molecule has 12 heteroatoms. The fourth-order valence-electron chi connectivity index (χ4n) is 2.95. The lowest BCUT2D eigenvalue weighted by Crippen LogP contribution is -2.24. The largest absolute Gasteiger partial charge is 0.442 e. The van der Waals surface area contributed by atoms with Gasteiger partial charge in [0, 0.05) is 11.6 Å². The fraction of sp³-hybridized carbons (Fsp3) is 0.143. The lowest BCUT2D eigenvalue weighted by Gasteiger charge is -2.07. The summed E-state index contributed by atoms with van der Waals surface area (Å²) in [6.07, 6.45) is 1.11. The lowest BCUT2D eigenvalue weighted by molar-refractivity contribution is 0.319. The molecule has 0 radical (unpaired) electrons. The van der Waals surface area contributed by atoms with Crippen molar-refractivity contribution in [2.45, 2.75) is 20.4 Å². The molecule has 0 aliphatic rings. The van der Waals surface area contributed by atoms with E-state index in [2.05, 4.69) is 15.2 Å². The molecule has 0 unspecified atom stereocenters. The minimum atomic E-state index is -0.788. The molecule has 0 aliphatic heterocycles. The van der Waals surface area contributed by atoms with Gasteiger partial charge in [-0.3, -0.25) is 4.57 Å². The predicted octanol–water partition coefficient (Wildman–Crippen LogP) is 4.26. The van der Waals surface area contributed by atoms with Gasteiger partial charge in [-0.05, 0) is 38.1 Å². The van der Waals surface area contributed by atoms with Crippen molar-refractivity contribution in [3.63, 3.8) is 0 Å². The normalized spacial score (nSPS) is 11.7. The number of halogens is 3. The van der Waals surface area contributed by atoms with E-state index in [-0.39, 0.29) is 23.5 Å². The van der Waals surface area contributed by atoms with Gasteiger partial charge in [0.05, 0.1) is 17.9 Å². The summed E-state index contributed by atoms with van der Waals surface area (Å²) in [5.74, 6) is -2.46. The highest BCUT2D eigenvalue weighted by molar-refractivity contribution is 7.15. The molecule has 0 saturated heterocycles. The summed E-state index contributed by atoms with van der Waals surface area (Å²) in [5, 5.41) is 16.6. The number of nitrogens with zero attached hydrogens (tertiary/aromatic N) is 5. The molecule has 0 spiro atoms. The summed E-state index contributed by atoms with van der Waals surface area (Å²) >= 11 is 1.08. The Labute approximate surface area is 188 Å². The van der Waals surface area contributed by atoms with Gasteiger partial charge in [-0.25, -0.2) is 22.9 Å². The fourth-order valence-corrected chi connectivity index (χ4v) is 3.82. The molecule has 0 fully saturated rings. The second-order valence-corrected chi connectivity index (χ2v) is 7.91. The highest BCUT2D eigenvalue weighted by atomic mass is 32.1. The molecule has 0 amide bonds. The van der Waals surface area contributed by atoms with Crippen LogP contribution in [0.5, 0.6) is 10.8 Å². The van der Waals surface area contributed by atoms with Crippen LogP contribution in [-0.2, 0) is 6.54 Å². The molecule has 2 aromatic heterocycles. The number of hydrogen-bond acceptors (Lipinski definition) is 7. The van der Waals surface area contributed by atoms with E-state index in [1.54, 1.807) is 13.8 Å². The number of aromatic nitrogens is 4. The van der Waals surface area contributed by atoms with Gasteiger partial charge >= 0.3 is 5.69 Å². The van der Waals surface area contributed by atoms with E-state index < -0.39 is 23.1 Å². The first-order valence-corrected chi connectivity index (χ1v) is 10.3. The van der Waals surface area contributed by atoms with E-state index in [1.807, 2.05) is 0 Å². The summed E-state index contributed by atoms with van der Waals surface area (Å²) in [7, 11) is 0. The van der Waals surface area contributed by atoms with Gasteiger partial charge in [0.15, 0.2) is 11.6 Å². The molecule has 0 bridgehead atoms. The molecular weight excluding hydrogens is 459 g/mol. The molecule has 4 rings (SSSR count). The number of thiazole rings is 1. The van der Waals surface area contributed by atoms with E-state index in [4.69, 9.17) is 9.94 Å². The number of rotatable bonds is 6. The highest BCUT2D eigenvalue weighted by Crippen LogP contribution is 2.33. The Morgan fingerprint density at radius 1 is 1.18 bits per heavy atom. The van der Waals surface area contributed by atoms with Gasteiger partial charge in [-0.2, -0.15) is 9.78 Å². The van der Waals surface area contributed by atoms with Crippen LogP contribution in [0.25, 0.3) is 5.69 Å². The van der Waals surface area contributed by atoms with Crippen molar-refractivity contribution < 1.29 is 23.1 Å². The van der Waals surface area contributed by atoms with Gasteiger partial charge in [0.2, 0.25) is 5.06 Å². The minimum absolute atomic E-state index is 0.0996. The van der Waals surface area contributed by atoms with Crippen LogP contribution in [0.4, 0.5) is 13.2 Å². The molecule has 33 heavy (non-hydrogen) atoms. The molecule has 0 saturated carbocycles. The number of hydrogen-bond donors (Lipinski definition) is 1. The van der Waals surface area contributed by atoms with Crippen molar-refractivity contribution in [1.82, 2.24) is 19.3 Å². The lowest BCUT2D eigenvalue weighted by atomic mass is 10.2. The van der Waals surface area contributed by atoms with Crippen LogP contribution in [0.3, 0.4) is 0 Å². The molecule has 8 nitrogen and oxygen atoms in total. The predicted molar refractivity (Wildman–Crippen MR) is 114 cm³/mol. The Bertz CT molecular complexity index is 1410. The molecule has 2 heterocycles. The Morgan fingerprint density at radius 2 is 1.91 bits per heavy atom. The second-order valence-electron chi connectivity index (χ2n) is 6.95. The summed E-state index contributed by atoms with van der Waals surface area (Å²) in [6.45, 7) is 2.86. The van der Waals surface area contributed by atoms with Gasteiger partial charge in [-0.15, -0.1) is 0 Å². The van der Waals surface area contributed by atoms with Crippen molar-refractivity contribution in [3.05, 3.63) is 86.9 Å². The van der Waals surface area contributed by atoms with Crippen LogP contribution in [-0.4, -0.2) is 30.3 Å². The summed E-state index contributed by atoms with van der Waals surface area (Å²) in [5.41, 5.74) is -0.110. The zero-order valence-corrected chi connectivity index (χ0v) is 18.1. The smallest absolute Gasteiger partial charge is 0.350 e. The molecule has 170 valence electrons. The maximum absolute atomic E-state index is 14.7. The molecule has 2 aromatic carbocycles. The van der Waals surface area contributed by atoms with Gasteiger partial charge in [-0.1, -0.05) is 22.6 Å². The molecule has 0 atom stereocenters.